The molecule has 0 saturated heterocycles. The predicted molar refractivity (Wildman–Crippen MR) is 44.3 cm³/mol. The fourth-order valence-corrected chi connectivity index (χ4v) is 1.16. The largest absolute Gasteiger partial charge is 0.478 e. The van der Waals surface area contributed by atoms with E-state index in [1.165, 1.54) is 18.1 Å². The van der Waals surface area contributed by atoms with Crippen LogP contribution in [0.5, 0.6) is 0 Å². The Bertz CT molecular complexity index is 259. The Kier molecular flexibility index (Phi) is 2.89. The summed E-state index contributed by atoms with van der Waals surface area (Å²) in [5, 5.41) is 8.62. The molecule has 0 unspecified atom stereocenters. The summed E-state index contributed by atoms with van der Waals surface area (Å²) >= 11 is 0. The van der Waals surface area contributed by atoms with E-state index < -0.39 is 12.1 Å². The second-order valence-corrected chi connectivity index (χ2v) is 2.70. The molecule has 0 aromatic heterocycles. The monoisotopic (exact) mass is 185 g/mol. The second kappa shape index (κ2) is 3.93. The average Bonchev–Trinajstić information content (AvgIpc) is 2.17. The summed E-state index contributed by atoms with van der Waals surface area (Å²) in [5.41, 5.74) is 0.361. The topological polar surface area (TPSA) is 66.8 Å². The summed E-state index contributed by atoms with van der Waals surface area (Å²) < 4.78 is 4.50. The van der Waals surface area contributed by atoms with E-state index in [2.05, 4.69) is 4.74 Å². The molecule has 5 nitrogen and oxygen atoms in total. The Morgan fingerprint density at radius 2 is 2.31 bits per heavy atom. The molecule has 0 fully saturated rings. The third kappa shape index (κ3) is 2.21. The summed E-state index contributed by atoms with van der Waals surface area (Å²) in [7, 11) is 1.30. The van der Waals surface area contributed by atoms with Crippen LogP contribution in [0, 0.1) is 0 Å². The normalized spacial score (nSPS) is 16.4. The standard InChI is InChI=1S/C8H11NO4/c1-13-8(12)9-4-2-6(3-5-9)7(10)11/h2H,3-5H2,1H3,(H,10,11). The molecule has 13 heavy (non-hydrogen) atoms. The quantitative estimate of drug-likeness (QED) is 0.644. The van der Waals surface area contributed by atoms with Crippen LogP contribution in [-0.2, 0) is 9.53 Å². The van der Waals surface area contributed by atoms with E-state index >= 15 is 0 Å². The van der Waals surface area contributed by atoms with E-state index in [4.69, 9.17) is 5.11 Å². The van der Waals surface area contributed by atoms with Gasteiger partial charge in [-0.05, 0) is 6.42 Å². The minimum absolute atomic E-state index is 0.314. The first-order valence-corrected chi connectivity index (χ1v) is 3.90. The molecule has 0 radical (unpaired) electrons. The second-order valence-electron chi connectivity index (χ2n) is 2.70. The van der Waals surface area contributed by atoms with Crippen LogP contribution in [-0.4, -0.2) is 42.3 Å². The number of methoxy groups -OCH3 is 1. The molecule has 1 rings (SSSR count). The van der Waals surface area contributed by atoms with E-state index in [1.54, 1.807) is 0 Å². The van der Waals surface area contributed by atoms with Crippen LogP contribution in [0.4, 0.5) is 4.79 Å². The molecule has 1 N–H and O–H groups in total. The third-order valence-corrected chi connectivity index (χ3v) is 1.92. The highest BCUT2D eigenvalue weighted by Gasteiger charge is 2.19. The third-order valence-electron chi connectivity index (χ3n) is 1.92. The number of carboxylic acid groups (broad SMARTS) is 1. The van der Waals surface area contributed by atoms with Gasteiger partial charge in [0.05, 0.1) is 7.11 Å². The van der Waals surface area contributed by atoms with Crippen LogP contribution in [0.1, 0.15) is 6.42 Å². The summed E-state index contributed by atoms with van der Waals surface area (Å²) in [6, 6.07) is 0. The molecule has 1 amide bonds. The van der Waals surface area contributed by atoms with Crippen molar-refractivity contribution in [2.75, 3.05) is 20.2 Å². The zero-order valence-corrected chi connectivity index (χ0v) is 7.32. The van der Waals surface area contributed by atoms with E-state index in [-0.39, 0.29) is 0 Å². The van der Waals surface area contributed by atoms with Crippen molar-refractivity contribution < 1.29 is 19.4 Å². The van der Waals surface area contributed by atoms with E-state index in [0.29, 0.717) is 25.1 Å². The van der Waals surface area contributed by atoms with Crippen LogP contribution in [0.3, 0.4) is 0 Å². The van der Waals surface area contributed by atoms with E-state index in [9.17, 15) is 9.59 Å². The van der Waals surface area contributed by atoms with Crippen molar-refractivity contribution in [1.29, 1.82) is 0 Å². The Morgan fingerprint density at radius 3 is 2.69 bits per heavy atom. The summed E-state index contributed by atoms with van der Waals surface area (Å²) in [6.07, 6.45) is 1.49. The number of carbonyl (C=O) groups excluding carboxylic acids is 1. The molecule has 1 aliphatic heterocycles. The number of hydrogen-bond donors (Lipinski definition) is 1. The van der Waals surface area contributed by atoms with Gasteiger partial charge in [-0.15, -0.1) is 0 Å². The van der Waals surface area contributed by atoms with Crippen LogP contribution in [0.25, 0.3) is 0 Å². The molecular formula is C8H11NO4. The number of aliphatic carboxylic acids is 1. The van der Waals surface area contributed by atoms with Gasteiger partial charge in [-0.3, -0.25) is 0 Å². The fraction of sp³-hybridized carbons (Fsp3) is 0.500. The van der Waals surface area contributed by atoms with Gasteiger partial charge in [0.25, 0.3) is 0 Å². The lowest BCUT2D eigenvalue weighted by Gasteiger charge is -2.23. The van der Waals surface area contributed by atoms with Gasteiger partial charge >= 0.3 is 12.1 Å². The lowest BCUT2D eigenvalue weighted by atomic mass is 10.1. The van der Waals surface area contributed by atoms with Crippen LogP contribution in [0.2, 0.25) is 0 Å². The number of hydrogen-bond acceptors (Lipinski definition) is 3. The van der Waals surface area contributed by atoms with Gasteiger partial charge in [0, 0.05) is 18.7 Å². The summed E-state index contributed by atoms with van der Waals surface area (Å²) in [5.74, 6) is -0.912. The zero-order chi connectivity index (χ0) is 9.84. The summed E-state index contributed by atoms with van der Waals surface area (Å²) in [6.45, 7) is 0.721. The molecule has 0 aromatic carbocycles. The molecule has 5 heteroatoms. The molecule has 1 aliphatic rings. The maximum atomic E-state index is 11.0. The number of rotatable bonds is 1. The van der Waals surface area contributed by atoms with Crippen molar-refractivity contribution in [1.82, 2.24) is 4.90 Å². The van der Waals surface area contributed by atoms with Gasteiger partial charge in [-0.2, -0.15) is 0 Å². The van der Waals surface area contributed by atoms with Crippen LogP contribution < -0.4 is 0 Å². The predicted octanol–water partition coefficient (Wildman–Crippen LogP) is 0.469. The lowest BCUT2D eigenvalue weighted by molar-refractivity contribution is -0.133. The minimum Gasteiger partial charge on any atom is -0.478 e. The minimum atomic E-state index is -0.912. The van der Waals surface area contributed by atoms with Gasteiger partial charge in [0.1, 0.15) is 0 Å². The van der Waals surface area contributed by atoms with Gasteiger partial charge in [-0.1, -0.05) is 6.08 Å². The SMILES string of the molecule is COC(=O)N1CC=C(C(=O)O)CC1. The molecule has 0 aromatic rings. The molecule has 0 atom stereocenters. The smallest absolute Gasteiger partial charge is 0.409 e. The molecule has 72 valence electrons. The van der Waals surface area contributed by atoms with Crippen LogP contribution >= 0.6 is 0 Å². The molecule has 0 bridgehead atoms. The molecular weight excluding hydrogens is 174 g/mol. The highest BCUT2D eigenvalue weighted by Crippen LogP contribution is 2.11. The number of carboxylic acids is 1. The van der Waals surface area contributed by atoms with Crippen molar-refractivity contribution in [3.05, 3.63) is 11.6 Å². The van der Waals surface area contributed by atoms with Crippen LogP contribution in [0.15, 0.2) is 11.6 Å². The molecule has 0 aliphatic carbocycles. The van der Waals surface area contributed by atoms with Crippen molar-refractivity contribution in [2.45, 2.75) is 6.42 Å². The van der Waals surface area contributed by atoms with Gasteiger partial charge in [-0.25, -0.2) is 9.59 Å². The number of amides is 1. The van der Waals surface area contributed by atoms with Crippen molar-refractivity contribution in [3.63, 3.8) is 0 Å². The highest BCUT2D eigenvalue weighted by molar-refractivity contribution is 5.87. The van der Waals surface area contributed by atoms with Crippen molar-refractivity contribution >= 4 is 12.1 Å². The van der Waals surface area contributed by atoms with Crippen molar-refractivity contribution in [2.24, 2.45) is 0 Å². The number of carbonyl (C=O) groups is 2. The fourth-order valence-electron chi connectivity index (χ4n) is 1.16. The van der Waals surface area contributed by atoms with E-state index in [0.717, 1.165) is 0 Å². The van der Waals surface area contributed by atoms with Gasteiger partial charge < -0.3 is 14.7 Å². The average molecular weight is 185 g/mol. The molecule has 0 spiro atoms. The van der Waals surface area contributed by atoms with Gasteiger partial charge in [0.15, 0.2) is 0 Å². The highest BCUT2D eigenvalue weighted by atomic mass is 16.5. The Hall–Kier alpha value is -1.52. The lowest BCUT2D eigenvalue weighted by Crippen LogP contribution is -2.35. The molecule has 0 saturated carbocycles. The number of nitrogens with zero attached hydrogens (tertiary/aromatic N) is 1. The maximum Gasteiger partial charge on any atom is 0.409 e. The van der Waals surface area contributed by atoms with E-state index in [1.807, 2.05) is 0 Å². The Balaban J connectivity index is 2.56. The summed E-state index contributed by atoms with van der Waals surface area (Å²) in [4.78, 5) is 22.9. The number of ether oxygens (including phenoxy) is 1. The van der Waals surface area contributed by atoms with Crippen molar-refractivity contribution in [3.8, 4) is 0 Å². The Morgan fingerprint density at radius 1 is 1.62 bits per heavy atom. The molecule has 1 heterocycles. The first-order valence-electron chi connectivity index (χ1n) is 3.90. The first kappa shape index (κ1) is 9.57. The van der Waals surface area contributed by atoms with Gasteiger partial charge in [0.2, 0.25) is 0 Å². The first-order chi connectivity index (χ1) is 6.15. The Labute approximate surface area is 75.6 Å². The maximum absolute atomic E-state index is 11.0. The zero-order valence-electron chi connectivity index (χ0n) is 7.32.